The highest BCUT2D eigenvalue weighted by Gasteiger charge is 2.32. The molecule has 2 heteroatoms. The van der Waals surface area contributed by atoms with Gasteiger partial charge in [-0.15, -0.1) is 0 Å². The van der Waals surface area contributed by atoms with Crippen molar-refractivity contribution in [2.75, 3.05) is 0 Å². The van der Waals surface area contributed by atoms with Gasteiger partial charge in [-0.1, -0.05) is 39.0 Å². The Kier molecular flexibility index (Phi) is 3.04. The van der Waals surface area contributed by atoms with Crippen molar-refractivity contribution in [3.63, 3.8) is 0 Å². The number of ether oxygens (including phenoxy) is 1. The smallest absolute Gasteiger partial charge is 0.130 e. The standard InChI is InChI=1S/C18H19FO/c1-12-15-6-4-5-7-17(15)20-16-9-8-14(19)10-13(16)11-18(12,2)3/h4-10,12H,11H2,1-3H3. The highest BCUT2D eigenvalue weighted by molar-refractivity contribution is 5.45. The minimum atomic E-state index is -0.204. The Morgan fingerprint density at radius 3 is 2.65 bits per heavy atom. The van der Waals surface area contributed by atoms with Gasteiger partial charge in [0.2, 0.25) is 0 Å². The second kappa shape index (κ2) is 4.62. The van der Waals surface area contributed by atoms with Crippen molar-refractivity contribution >= 4 is 0 Å². The van der Waals surface area contributed by atoms with E-state index in [1.807, 2.05) is 18.2 Å². The van der Waals surface area contributed by atoms with E-state index in [0.29, 0.717) is 5.92 Å². The Bertz CT molecular complexity index is 646. The summed E-state index contributed by atoms with van der Waals surface area (Å²) in [6, 6.07) is 12.9. The van der Waals surface area contributed by atoms with Crippen LogP contribution in [0.2, 0.25) is 0 Å². The van der Waals surface area contributed by atoms with Gasteiger partial charge in [-0.3, -0.25) is 0 Å². The molecular weight excluding hydrogens is 251 g/mol. The van der Waals surface area contributed by atoms with Crippen LogP contribution in [0.15, 0.2) is 42.5 Å². The first kappa shape index (κ1) is 13.2. The summed E-state index contributed by atoms with van der Waals surface area (Å²) in [4.78, 5) is 0. The summed E-state index contributed by atoms with van der Waals surface area (Å²) in [5, 5.41) is 0. The number of benzene rings is 2. The van der Waals surface area contributed by atoms with E-state index in [9.17, 15) is 4.39 Å². The van der Waals surface area contributed by atoms with Crippen LogP contribution in [0, 0.1) is 11.2 Å². The van der Waals surface area contributed by atoms with E-state index in [1.165, 1.54) is 11.6 Å². The quantitative estimate of drug-likeness (QED) is 0.631. The zero-order valence-corrected chi connectivity index (χ0v) is 12.1. The summed E-state index contributed by atoms with van der Waals surface area (Å²) >= 11 is 0. The molecule has 1 atom stereocenters. The first-order valence-corrected chi connectivity index (χ1v) is 7.02. The van der Waals surface area contributed by atoms with E-state index in [4.69, 9.17) is 4.74 Å². The van der Waals surface area contributed by atoms with Crippen molar-refractivity contribution in [1.82, 2.24) is 0 Å². The molecule has 0 bridgehead atoms. The predicted octanol–water partition coefficient (Wildman–Crippen LogP) is 5.30. The van der Waals surface area contributed by atoms with Crippen LogP contribution >= 0.6 is 0 Å². The van der Waals surface area contributed by atoms with Gasteiger partial charge in [-0.25, -0.2) is 4.39 Å². The average molecular weight is 270 g/mol. The molecule has 0 spiro atoms. The monoisotopic (exact) mass is 270 g/mol. The zero-order chi connectivity index (χ0) is 14.3. The molecule has 0 amide bonds. The van der Waals surface area contributed by atoms with Gasteiger partial charge < -0.3 is 4.74 Å². The van der Waals surface area contributed by atoms with Crippen molar-refractivity contribution in [3.05, 3.63) is 59.4 Å². The summed E-state index contributed by atoms with van der Waals surface area (Å²) in [7, 11) is 0. The number of fused-ring (bicyclic) bond motifs is 2. The summed E-state index contributed by atoms with van der Waals surface area (Å²) in [5.74, 6) is 1.78. The molecule has 2 aromatic carbocycles. The van der Waals surface area contributed by atoms with Crippen molar-refractivity contribution in [3.8, 4) is 11.5 Å². The van der Waals surface area contributed by atoms with Gasteiger partial charge in [0, 0.05) is 0 Å². The molecule has 0 saturated carbocycles. The van der Waals surface area contributed by atoms with Gasteiger partial charge in [0.1, 0.15) is 17.3 Å². The van der Waals surface area contributed by atoms with E-state index >= 15 is 0 Å². The Labute approximate surface area is 119 Å². The molecular formula is C18H19FO. The Morgan fingerprint density at radius 2 is 1.85 bits per heavy atom. The highest BCUT2D eigenvalue weighted by atomic mass is 19.1. The molecule has 0 aliphatic carbocycles. The fourth-order valence-electron chi connectivity index (χ4n) is 2.90. The van der Waals surface area contributed by atoms with E-state index in [0.717, 1.165) is 23.5 Å². The molecule has 104 valence electrons. The maximum absolute atomic E-state index is 13.5. The largest absolute Gasteiger partial charge is 0.457 e. The number of hydrogen-bond donors (Lipinski definition) is 0. The van der Waals surface area contributed by atoms with Gasteiger partial charge in [0.15, 0.2) is 0 Å². The summed E-state index contributed by atoms with van der Waals surface area (Å²) in [6.07, 6.45) is 0.801. The lowest BCUT2D eigenvalue weighted by atomic mass is 9.71. The van der Waals surface area contributed by atoms with Crippen LogP contribution in [0.3, 0.4) is 0 Å². The SMILES string of the molecule is CC1c2ccccc2Oc2ccc(F)cc2CC1(C)C. The van der Waals surface area contributed by atoms with Crippen LogP contribution in [-0.4, -0.2) is 0 Å². The number of rotatable bonds is 0. The highest BCUT2D eigenvalue weighted by Crippen LogP contribution is 2.46. The second-order valence-corrected chi connectivity index (χ2v) is 6.28. The van der Waals surface area contributed by atoms with E-state index in [-0.39, 0.29) is 11.2 Å². The van der Waals surface area contributed by atoms with Gasteiger partial charge >= 0.3 is 0 Å². The molecule has 1 nitrogen and oxygen atoms in total. The Morgan fingerprint density at radius 1 is 1.10 bits per heavy atom. The molecule has 0 saturated heterocycles. The lowest BCUT2D eigenvalue weighted by Crippen LogP contribution is -2.25. The van der Waals surface area contributed by atoms with Gasteiger partial charge in [0.25, 0.3) is 0 Å². The minimum absolute atomic E-state index is 0.0441. The molecule has 1 aliphatic rings. The molecule has 20 heavy (non-hydrogen) atoms. The topological polar surface area (TPSA) is 9.23 Å². The number of para-hydroxylation sites is 1. The van der Waals surface area contributed by atoms with Gasteiger partial charge in [0.05, 0.1) is 0 Å². The predicted molar refractivity (Wildman–Crippen MR) is 78.8 cm³/mol. The molecule has 0 radical (unpaired) electrons. The molecule has 0 aromatic heterocycles. The second-order valence-electron chi connectivity index (χ2n) is 6.28. The Balaban J connectivity index is 2.19. The third-order valence-electron chi connectivity index (χ3n) is 4.45. The van der Waals surface area contributed by atoms with E-state index in [2.05, 4.69) is 26.8 Å². The maximum Gasteiger partial charge on any atom is 0.130 e. The fraction of sp³-hybridized carbons (Fsp3) is 0.333. The van der Waals surface area contributed by atoms with Crippen LogP contribution in [0.4, 0.5) is 4.39 Å². The Hall–Kier alpha value is -1.83. The summed E-state index contributed by atoms with van der Waals surface area (Å²) in [6.45, 7) is 6.68. The summed E-state index contributed by atoms with van der Waals surface area (Å²) < 4.78 is 19.6. The van der Waals surface area contributed by atoms with Crippen LogP contribution < -0.4 is 4.74 Å². The third-order valence-corrected chi connectivity index (χ3v) is 4.45. The van der Waals surface area contributed by atoms with Crippen molar-refractivity contribution in [2.45, 2.75) is 33.1 Å². The number of halogens is 1. The van der Waals surface area contributed by atoms with E-state index in [1.54, 1.807) is 12.1 Å². The number of hydrogen-bond acceptors (Lipinski definition) is 1. The van der Waals surface area contributed by atoms with Gasteiger partial charge in [-0.05, 0) is 53.1 Å². The lowest BCUT2D eigenvalue weighted by Gasteiger charge is -2.36. The fourth-order valence-corrected chi connectivity index (χ4v) is 2.90. The van der Waals surface area contributed by atoms with Crippen molar-refractivity contribution < 1.29 is 9.13 Å². The minimum Gasteiger partial charge on any atom is -0.457 e. The van der Waals surface area contributed by atoms with Crippen molar-refractivity contribution in [1.29, 1.82) is 0 Å². The van der Waals surface area contributed by atoms with Crippen molar-refractivity contribution in [2.24, 2.45) is 5.41 Å². The van der Waals surface area contributed by atoms with Crippen LogP contribution in [0.1, 0.15) is 37.8 Å². The van der Waals surface area contributed by atoms with Crippen LogP contribution in [-0.2, 0) is 6.42 Å². The van der Waals surface area contributed by atoms with Crippen LogP contribution in [0.5, 0.6) is 11.5 Å². The first-order chi connectivity index (χ1) is 9.47. The normalized spacial score (nSPS) is 20.1. The molecule has 3 rings (SSSR count). The molecule has 1 unspecified atom stereocenters. The zero-order valence-electron chi connectivity index (χ0n) is 12.1. The lowest BCUT2D eigenvalue weighted by molar-refractivity contribution is 0.280. The molecule has 0 N–H and O–H groups in total. The maximum atomic E-state index is 13.5. The average Bonchev–Trinajstić information content (AvgIpc) is 2.40. The molecule has 1 heterocycles. The molecule has 0 fully saturated rings. The summed E-state index contributed by atoms with van der Waals surface area (Å²) in [5.41, 5.74) is 2.20. The molecule has 2 aromatic rings. The van der Waals surface area contributed by atoms with Gasteiger partial charge in [-0.2, -0.15) is 0 Å². The first-order valence-electron chi connectivity index (χ1n) is 7.02. The third kappa shape index (κ3) is 2.20. The molecule has 1 aliphatic heterocycles. The van der Waals surface area contributed by atoms with Crippen LogP contribution in [0.25, 0.3) is 0 Å². The van der Waals surface area contributed by atoms with E-state index < -0.39 is 0 Å².